The first-order chi connectivity index (χ1) is 15.2. The number of fused-ring (bicyclic) bond motifs is 1. The second-order valence-corrected chi connectivity index (χ2v) is 7.14. The van der Waals surface area contributed by atoms with Crippen LogP contribution >= 0.6 is 0 Å². The van der Waals surface area contributed by atoms with Gasteiger partial charge >= 0.3 is 5.97 Å². The molecule has 1 unspecified atom stereocenters. The standard InChI is InChI=1S/C25H23NO5/c1-29-21-9-5-6-10-22(21)30-14-13-26-24(27)18-11-12-20-19(15-18)16-23(31-25(20)28)17-7-3-2-4-8-17/h2-12,15,23H,13-14,16H2,1H3,(H,26,27). The summed E-state index contributed by atoms with van der Waals surface area (Å²) in [5, 5.41) is 2.85. The molecule has 0 saturated heterocycles. The molecule has 3 aromatic carbocycles. The summed E-state index contributed by atoms with van der Waals surface area (Å²) in [4.78, 5) is 25.0. The largest absolute Gasteiger partial charge is 0.493 e. The van der Waals surface area contributed by atoms with Gasteiger partial charge in [0.2, 0.25) is 0 Å². The fraction of sp³-hybridized carbons (Fsp3) is 0.200. The van der Waals surface area contributed by atoms with E-state index in [0.29, 0.717) is 42.2 Å². The Morgan fingerprint density at radius 1 is 1.03 bits per heavy atom. The van der Waals surface area contributed by atoms with E-state index < -0.39 is 0 Å². The molecule has 158 valence electrons. The quantitative estimate of drug-likeness (QED) is 0.465. The highest BCUT2D eigenvalue weighted by Gasteiger charge is 2.28. The van der Waals surface area contributed by atoms with Gasteiger partial charge in [0.15, 0.2) is 11.5 Å². The van der Waals surface area contributed by atoms with Crippen LogP contribution in [0.3, 0.4) is 0 Å². The van der Waals surface area contributed by atoms with E-state index in [4.69, 9.17) is 14.2 Å². The molecule has 3 aromatic rings. The Labute approximate surface area is 180 Å². The number of carbonyl (C=O) groups excluding carboxylic acids is 2. The SMILES string of the molecule is COc1ccccc1OCCNC(=O)c1ccc2c(c1)CC(c1ccccc1)OC2=O. The highest BCUT2D eigenvalue weighted by Crippen LogP contribution is 2.31. The maximum atomic E-state index is 12.6. The Morgan fingerprint density at radius 2 is 1.77 bits per heavy atom. The lowest BCUT2D eigenvalue weighted by Gasteiger charge is -2.25. The smallest absolute Gasteiger partial charge is 0.339 e. The maximum absolute atomic E-state index is 12.6. The number of hydrogen-bond donors (Lipinski definition) is 1. The Kier molecular flexibility index (Phi) is 6.17. The van der Waals surface area contributed by atoms with Crippen LogP contribution in [0.2, 0.25) is 0 Å². The molecular weight excluding hydrogens is 394 g/mol. The van der Waals surface area contributed by atoms with E-state index in [9.17, 15) is 9.59 Å². The van der Waals surface area contributed by atoms with Gasteiger partial charge in [0.25, 0.3) is 5.91 Å². The van der Waals surface area contributed by atoms with Gasteiger partial charge in [-0.1, -0.05) is 42.5 Å². The van der Waals surface area contributed by atoms with Crippen LogP contribution in [0.4, 0.5) is 0 Å². The molecule has 1 N–H and O–H groups in total. The molecule has 0 fully saturated rings. The van der Waals surface area contributed by atoms with Gasteiger partial charge in [0.05, 0.1) is 19.2 Å². The topological polar surface area (TPSA) is 73.9 Å². The fourth-order valence-corrected chi connectivity index (χ4v) is 3.56. The second-order valence-electron chi connectivity index (χ2n) is 7.14. The number of esters is 1. The second kappa shape index (κ2) is 9.34. The van der Waals surface area contributed by atoms with Crippen LogP contribution in [-0.4, -0.2) is 32.1 Å². The predicted octanol–water partition coefficient (Wildman–Crippen LogP) is 3.96. The lowest BCUT2D eigenvalue weighted by atomic mass is 9.93. The first-order valence-corrected chi connectivity index (χ1v) is 10.1. The molecule has 0 bridgehead atoms. The van der Waals surface area contributed by atoms with Gasteiger partial charge < -0.3 is 19.5 Å². The average Bonchev–Trinajstić information content (AvgIpc) is 2.82. The van der Waals surface area contributed by atoms with Gasteiger partial charge in [-0.2, -0.15) is 0 Å². The number of para-hydroxylation sites is 2. The van der Waals surface area contributed by atoms with Crippen LogP contribution < -0.4 is 14.8 Å². The first kappa shape index (κ1) is 20.5. The lowest BCUT2D eigenvalue weighted by molar-refractivity contribution is 0.0252. The van der Waals surface area contributed by atoms with Gasteiger partial charge in [0, 0.05) is 12.0 Å². The lowest BCUT2D eigenvalue weighted by Crippen LogP contribution is -2.29. The normalized spacial score (nSPS) is 14.9. The summed E-state index contributed by atoms with van der Waals surface area (Å²) in [6.07, 6.45) is 0.178. The van der Waals surface area contributed by atoms with Crippen LogP contribution in [0, 0.1) is 0 Å². The van der Waals surface area contributed by atoms with Crippen molar-refractivity contribution < 1.29 is 23.8 Å². The summed E-state index contributed by atoms with van der Waals surface area (Å²) in [5.74, 6) is 0.677. The van der Waals surface area contributed by atoms with Crippen molar-refractivity contribution in [2.45, 2.75) is 12.5 Å². The van der Waals surface area contributed by atoms with Crippen LogP contribution in [0.5, 0.6) is 11.5 Å². The van der Waals surface area contributed by atoms with Gasteiger partial charge in [-0.3, -0.25) is 4.79 Å². The van der Waals surface area contributed by atoms with Crippen molar-refractivity contribution in [1.82, 2.24) is 5.32 Å². The summed E-state index contributed by atoms with van der Waals surface area (Å²) in [6.45, 7) is 0.641. The highest BCUT2D eigenvalue weighted by atomic mass is 16.5. The molecular formula is C25H23NO5. The molecule has 1 atom stereocenters. The summed E-state index contributed by atoms with van der Waals surface area (Å²) in [7, 11) is 1.58. The predicted molar refractivity (Wildman–Crippen MR) is 116 cm³/mol. The number of rotatable bonds is 7. The first-order valence-electron chi connectivity index (χ1n) is 10.1. The molecule has 0 aromatic heterocycles. The third-order valence-electron chi connectivity index (χ3n) is 5.13. The van der Waals surface area contributed by atoms with Crippen molar-refractivity contribution in [3.05, 3.63) is 95.1 Å². The minimum Gasteiger partial charge on any atom is -0.493 e. The van der Waals surface area contributed by atoms with E-state index in [1.165, 1.54) is 0 Å². The maximum Gasteiger partial charge on any atom is 0.339 e. The van der Waals surface area contributed by atoms with E-state index in [-0.39, 0.29) is 18.0 Å². The molecule has 0 saturated carbocycles. The van der Waals surface area contributed by atoms with Gasteiger partial charge in [0.1, 0.15) is 12.7 Å². The Hall–Kier alpha value is -3.80. The number of hydrogen-bond acceptors (Lipinski definition) is 5. The third-order valence-corrected chi connectivity index (χ3v) is 5.13. The Morgan fingerprint density at radius 3 is 2.55 bits per heavy atom. The number of benzene rings is 3. The molecule has 6 nitrogen and oxygen atoms in total. The molecule has 4 rings (SSSR count). The van der Waals surface area contributed by atoms with Gasteiger partial charge in [-0.05, 0) is 41.5 Å². The Bertz CT molecular complexity index is 1080. The molecule has 31 heavy (non-hydrogen) atoms. The highest BCUT2D eigenvalue weighted by molar-refractivity contribution is 5.97. The summed E-state index contributed by atoms with van der Waals surface area (Å²) >= 11 is 0. The molecule has 1 amide bonds. The molecule has 0 spiro atoms. The number of ether oxygens (including phenoxy) is 3. The summed E-state index contributed by atoms with van der Waals surface area (Å²) in [5.41, 5.74) is 2.74. The zero-order valence-corrected chi connectivity index (χ0v) is 17.2. The van der Waals surface area contributed by atoms with Crippen LogP contribution in [-0.2, 0) is 11.2 Å². The molecule has 0 radical (unpaired) electrons. The van der Waals surface area contributed by atoms with Crippen molar-refractivity contribution in [3.8, 4) is 11.5 Å². The minimum atomic E-state index is -0.368. The molecule has 1 aliphatic heterocycles. The minimum absolute atomic E-state index is 0.221. The summed E-state index contributed by atoms with van der Waals surface area (Å²) < 4.78 is 16.5. The Balaban J connectivity index is 1.38. The van der Waals surface area contributed by atoms with Crippen LogP contribution in [0.15, 0.2) is 72.8 Å². The molecule has 0 aliphatic carbocycles. The van der Waals surface area contributed by atoms with Crippen molar-refractivity contribution in [1.29, 1.82) is 0 Å². The van der Waals surface area contributed by atoms with Crippen LogP contribution in [0.25, 0.3) is 0 Å². The molecule has 6 heteroatoms. The van der Waals surface area contributed by atoms with Crippen molar-refractivity contribution >= 4 is 11.9 Å². The van der Waals surface area contributed by atoms with E-state index in [0.717, 1.165) is 11.1 Å². The monoisotopic (exact) mass is 417 g/mol. The third kappa shape index (κ3) is 4.69. The van der Waals surface area contributed by atoms with Crippen LogP contribution in [0.1, 0.15) is 37.9 Å². The number of methoxy groups -OCH3 is 1. The molecule has 1 aliphatic rings. The van der Waals surface area contributed by atoms with Crippen molar-refractivity contribution in [2.24, 2.45) is 0 Å². The average molecular weight is 417 g/mol. The number of amides is 1. The van der Waals surface area contributed by atoms with E-state index >= 15 is 0 Å². The number of carbonyl (C=O) groups is 2. The zero-order valence-electron chi connectivity index (χ0n) is 17.2. The van der Waals surface area contributed by atoms with Crippen molar-refractivity contribution in [3.63, 3.8) is 0 Å². The fourth-order valence-electron chi connectivity index (χ4n) is 3.56. The van der Waals surface area contributed by atoms with Gasteiger partial charge in [-0.15, -0.1) is 0 Å². The van der Waals surface area contributed by atoms with Gasteiger partial charge in [-0.25, -0.2) is 4.79 Å². The number of nitrogens with one attached hydrogen (secondary N) is 1. The van der Waals surface area contributed by atoms with E-state index in [2.05, 4.69) is 5.32 Å². The van der Waals surface area contributed by atoms with E-state index in [1.54, 1.807) is 25.3 Å². The van der Waals surface area contributed by atoms with Crippen molar-refractivity contribution in [2.75, 3.05) is 20.3 Å². The van der Waals surface area contributed by atoms with E-state index in [1.807, 2.05) is 54.6 Å². The number of cyclic esters (lactones) is 1. The summed E-state index contributed by atoms with van der Waals surface area (Å²) in [6, 6.07) is 22.0. The molecule has 1 heterocycles. The zero-order chi connectivity index (χ0) is 21.6.